The van der Waals surface area contributed by atoms with Crippen LogP contribution in [0.25, 0.3) is 0 Å². The second kappa shape index (κ2) is 5.87. The molecule has 1 aliphatic carbocycles. The molecule has 0 aromatic carbocycles. The van der Waals surface area contributed by atoms with Gasteiger partial charge in [-0.2, -0.15) is 13.2 Å². The van der Waals surface area contributed by atoms with Crippen LogP contribution in [-0.2, 0) is 4.74 Å². The minimum atomic E-state index is -4.35. The van der Waals surface area contributed by atoms with Crippen molar-refractivity contribution < 1.29 is 17.9 Å². The van der Waals surface area contributed by atoms with Crippen LogP contribution in [0.5, 0.6) is 0 Å². The zero-order valence-corrected chi connectivity index (χ0v) is 9.59. The highest BCUT2D eigenvalue weighted by Gasteiger charge is 2.45. The van der Waals surface area contributed by atoms with Gasteiger partial charge in [-0.15, -0.1) is 0 Å². The molecular weight excluding hydrogens is 219 g/mol. The molecule has 0 aliphatic heterocycles. The average Bonchev–Trinajstić information content (AvgIpc) is 2.25. The molecule has 0 aromatic rings. The molecule has 2 atom stereocenters. The SMILES string of the molecule is CCC(N)C(OC1CCCCC1)C(F)(F)F. The fourth-order valence-corrected chi connectivity index (χ4v) is 2.04. The first-order chi connectivity index (χ1) is 7.45. The summed E-state index contributed by atoms with van der Waals surface area (Å²) < 4.78 is 43.3. The van der Waals surface area contributed by atoms with E-state index in [1.807, 2.05) is 0 Å². The molecule has 1 fully saturated rings. The molecular formula is C11H20F3NO. The van der Waals surface area contributed by atoms with E-state index in [1.165, 1.54) is 0 Å². The number of halogens is 3. The van der Waals surface area contributed by atoms with Crippen molar-refractivity contribution in [2.75, 3.05) is 0 Å². The fourth-order valence-electron chi connectivity index (χ4n) is 2.04. The Labute approximate surface area is 94.3 Å². The number of rotatable bonds is 4. The lowest BCUT2D eigenvalue weighted by Gasteiger charge is -2.31. The van der Waals surface area contributed by atoms with E-state index in [9.17, 15) is 13.2 Å². The van der Waals surface area contributed by atoms with Gasteiger partial charge in [0, 0.05) is 6.04 Å². The third-order valence-corrected chi connectivity index (χ3v) is 3.07. The number of ether oxygens (including phenoxy) is 1. The Morgan fingerprint density at radius 1 is 1.25 bits per heavy atom. The third kappa shape index (κ3) is 3.94. The van der Waals surface area contributed by atoms with Crippen LogP contribution in [0.1, 0.15) is 45.4 Å². The summed E-state index contributed by atoms with van der Waals surface area (Å²) in [5.74, 6) is 0. The Bertz CT molecular complexity index is 202. The van der Waals surface area contributed by atoms with Gasteiger partial charge in [0.1, 0.15) is 0 Å². The first-order valence-electron chi connectivity index (χ1n) is 5.93. The van der Waals surface area contributed by atoms with Crippen molar-refractivity contribution in [3.8, 4) is 0 Å². The van der Waals surface area contributed by atoms with Crippen molar-refractivity contribution in [1.29, 1.82) is 0 Å². The summed E-state index contributed by atoms with van der Waals surface area (Å²) in [6, 6.07) is -0.957. The minimum absolute atomic E-state index is 0.266. The van der Waals surface area contributed by atoms with Gasteiger partial charge in [0.15, 0.2) is 6.10 Å². The molecule has 1 aliphatic rings. The summed E-state index contributed by atoms with van der Waals surface area (Å²) in [6.45, 7) is 1.65. The van der Waals surface area contributed by atoms with Gasteiger partial charge in [0.25, 0.3) is 0 Å². The number of hydrogen-bond acceptors (Lipinski definition) is 2. The first kappa shape index (κ1) is 13.8. The molecule has 0 heterocycles. The molecule has 2 N–H and O–H groups in total. The molecule has 96 valence electrons. The maximum absolute atomic E-state index is 12.7. The maximum atomic E-state index is 12.7. The monoisotopic (exact) mass is 239 g/mol. The Morgan fingerprint density at radius 2 is 1.81 bits per heavy atom. The number of nitrogens with two attached hydrogens (primary N) is 1. The van der Waals surface area contributed by atoms with Crippen LogP contribution >= 0.6 is 0 Å². The van der Waals surface area contributed by atoms with Crippen molar-refractivity contribution in [1.82, 2.24) is 0 Å². The van der Waals surface area contributed by atoms with E-state index in [-0.39, 0.29) is 12.5 Å². The average molecular weight is 239 g/mol. The standard InChI is InChI=1S/C11H20F3NO/c1-2-9(15)10(11(12,13)14)16-8-6-4-3-5-7-8/h8-10H,2-7,15H2,1H3. The lowest BCUT2D eigenvalue weighted by atomic mass is 9.97. The summed E-state index contributed by atoms with van der Waals surface area (Å²) in [5, 5.41) is 0. The Morgan fingerprint density at radius 3 is 2.25 bits per heavy atom. The zero-order valence-electron chi connectivity index (χ0n) is 9.59. The molecule has 0 aromatic heterocycles. The van der Waals surface area contributed by atoms with Gasteiger partial charge < -0.3 is 10.5 Å². The summed E-state index contributed by atoms with van der Waals surface area (Å²) in [4.78, 5) is 0. The van der Waals surface area contributed by atoms with Crippen LogP contribution in [-0.4, -0.2) is 24.4 Å². The highest BCUT2D eigenvalue weighted by atomic mass is 19.4. The van der Waals surface area contributed by atoms with Crippen LogP contribution < -0.4 is 5.73 Å². The molecule has 0 radical (unpaired) electrons. The molecule has 1 rings (SSSR count). The van der Waals surface area contributed by atoms with Gasteiger partial charge in [-0.25, -0.2) is 0 Å². The van der Waals surface area contributed by atoms with Gasteiger partial charge in [0.05, 0.1) is 6.10 Å². The van der Waals surface area contributed by atoms with Crippen LogP contribution in [0.3, 0.4) is 0 Å². The van der Waals surface area contributed by atoms with Crippen LogP contribution in [0.15, 0.2) is 0 Å². The third-order valence-electron chi connectivity index (χ3n) is 3.07. The number of alkyl halides is 3. The van der Waals surface area contributed by atoms with Gasteiger partial charge in [0.2, 0.25) is 0 Å². The largest absolute Gasteiger partial charge is 0.416 e. The smallest absolute Gasteiger partial charge is 0.364 e. The van der Waals surface area contributed by atoms with Gasteiger partial charge in [-0.3, -0.25) is 0 Å². The molecule has 2 nitrogen and oxygen atoms in total. The zero-order chi connectivity index (χ0) is 12.2. The van der Waals surface area contributed by atoms with Gasteiger partial charge in [-0.1, -0.05) is 26.2 Å². The van der Waals surface area contributed by atoms with Crippen LogP contribution in [0.2, 0.25) is 0 Å². The van der Waals surface area contributed by atoms with Gasteiger partial charge >= 0.3 is 6.18 Å². The predicted octanol–water partition coefficient (Wildman–Crippen LogP) is 3.00. The second-order valence-electron chi connectivity index (χ2n) is 4.43. The van der Waals surface area contributed by atoms with E-state index < -0.39 is 18.3 Å². The van der Waals surface area contributed by atoms with Gasteiger partial charge in [-0.05, 0) is 19.3 Å². The van der Waals surface area contributed by atoms with Crippen LogP contribution in [0.4, 0.5) is 13.2 Å². The summed E-state index contributed by atoms with van der Waals surface area (Å²) in [7, 11) is 0. The van der Waals surface area contributed by atoms with E-state index in [2.05, 4.69) is 0 Å². The molecule has 2 unspecified atom stereocenters. The van der Waals surface area contributed by atoms with Crippen molar-refractivity contribution in [2.45, 2.75) is 69.9 Å². The van der Waals surface area contributed by atoms with E-state index in [0.29, 0.717) is 0 Å². The normalized spacial score (nSPS) is 23.1. The van der Waals surface area contributed by atoms with E-state index in [1.54, 1.807) is 6.92 Å². The highest BCUT2D eigenvalue weighted by Crippen LogP contribution is 2.30. The minimum Gasteiger partial charge on any atom is -0.364 e. The quantitative estimate of drug-likeness (QED) is 0.818. The second-order valence-corrected chi connectivity index (χ2v) is 4.43. The highest BCUT2D eigenvalue weighted by molar-refractivity contribution is 4.81. The number of hydrogen-bond donors (Lipinski definition) is 1. The molecule has 0 amide bonds. The van der Waals surface area contributed by atoms with E-state index >= 15 is 0 Å². The van der Waals surface area contributed by atoms with Crippen molar-refractivity contribution in [3.05, 3.63) is 0 Å². The lowest BCUT2D eigenvalue weighted by Crippen LogP contribution is -2.48. The van der Waals surface area contributed by atoms with Crippen LogP contribution in [0, 0.1) is 0 Å². The lowest BCUT2D eigenvalue weighted by molar-refractivity contribution is -0.241. The Kier molecular flexibility index (Phi) is 5.05. The summed E-state index contributed by atoms with van der Waals surface area (Å²) >= 11 is 0. The molecule has 0 saturated heterocycles. The fraction of sp³-hybridized carbons (Fsp3) is 1.00. The maximum Gasteiger partial charge on any atom is 0.416 e. The molecule has 5 heteroatoms. The first-order valence-corrected chi connectivity index (χ1v) is 5.93. The summed E-state index contributed by atoms with van der Waals surface area (Å²) in [6.07, 6.45) is -1.70. The van der Waals surface area contributed by atoms with E-state index in [4.69, 9.17) is 10.5 Å². The van der Waals surface area contributed by atoms with Crippen molar-refractivity contribution in [2.24, 2.45) is 5.73 Å². The predicted molar refractivity (Wildman–Crippen MR) is 56.1 cm³/mol. The van der Waals surface area contributed by atoms with E-state index in [0.717, 1.165) is 32.1 Å². The molecule has 0 bridgehead atoms. The topological polar surface area (TPSA) is 35.2 Å². The van der Waals surface area contributed by atoms with Crippen molar-refractivity contribution >= 4 is 0 Å². The summed E-state index contributed by atoms with van der Waals surface area (Å²) in [5.41, 5.74) is 5.48. The Hall–Kier alpha value is -0.290. The molecule has 0 spiro atoms. The molecule has 16 heavy (non-hydrogen) atoms. The molecule has 1 saturated carbocycles. The van der Waals surface area contributed by atoms with Crippen molar-refractivity contribution in [3.63, 3.8) is 0 Å². The Balaban J connectivity index is 2.55.